The summed E-state index contributed by atoms with van der Waals surface area (Å²) in [6, 6.07) is 2.09. The van der Waals surface area contributed by atoms with Crippen LogP contribution >= 0.6 is 11.6 Å². The number of hydrogen-bond acceptors (Lipinski definition) is 2. The fourth-order valence-corrected chi connectivity index (χ4v) is 1.36. The number of ether oxygens (including phenoxy) is 1. The lowest BCUT2D eigenvalue weighted by atomic mass is 10.1. The molecule has 1 rings (SSSR count). The second kappa shape index (κ2) is 5.43. The Morgan fingerprint density at radius 3 is 2.73 bits per heavy atom. The zero-order chi connectivity index (χ0) is 11.3. The first-order valence-electron chi connectivity index (χ1n) is 4.57. The Morgan fingerprint density at radius 1 is 1.33 bits per heavy atom. The molecular weight excluding hydrogens is 210 g/mol. The lowest BCUT2D eigenvalue weighted by Crippen LogP contribution is -1.96. The molecule has 0 spiro atoms. The van der Waals surface area contributed by atoms with E-state index in [-0.39, 0.29) is 0 Å². The summed E-state index contributed by atoms with van der Waals surface area (Å²) in [7, 11) is 0. The predicted molar refractivity (Wildman–Crippen MR) is 61.1 cm³/mol. The van der Waals surface area contributed by atoms with E-state index < -0.39 is 0 Å². The highest BCUT2D eigenvalue weighted by Crippen LogP contribution is 2.13. The summed E-state index contributed by atoms with van der Waals surface area (Å²) in [5.74, 6) is 0.738. The van der Waals surface area contributed by atoms with Crippen LogP contribution in [0.3, 0.4) is 0 Å². The van der Waals surface area contributed by atoms with Crippen molar-refractivity contribution in [2.75, 3.05) is 6.61 Å². The number of nitrogens with zero attached hydrogens (tertiary/aromatic N) is 1. The van der Waals surface area contributed by atoms with Crippen molar-refractivity contribution >= 4 is 11.6 Å². The molecule has 0 N–H and O–H groups in total. The highest BCUT2D eigenvalue weighted by atomic mass is 35.5. The number of nitriles is 1. The number of rotatable bonds is 0. The van der Waals surface area contributed by atoms with Gasteiger partial charge in [0.2, 0.25) is 0 Å². The van der Waals surface area contributed by atoms with Crippen LogP contribution in [0.25, 0.3) is 0 Å². The third kappa shape index (κ3) is 4.05. The van der Waals surface area contributed by atoms with Crippen molar-refractivity contribution in [3.63, 3.8) is 0 Å². The quantitative estimate of drug-likeness (QED) is 0.628. The van der Waals surface area contributed by atoms with E-state index in [1.54, 1.807) is 18.2 Å². The molecule has 1 heterocycles. The Kier molecular flexibility index (Phi) is 4.20. The van der Waals surface area contributed by atoms with Gasteiger partial charge in [-0.2, -0.15) is 5.26 Å². The molecule has 0 radical (unpaired) electrons. The van der Waals surface area contributed by atoms with E-state index in [4.69, 9.17) is 21.6 Å². The van der Waals surface area contributed by atoms with Crippen LogP contribution in [0.4, 0.5) is 0 Å². The van der Waals surface area contributed by atoms with Crippen molar-refractivity contribution in [1.82, 2.24) is 0 Å². The number of allylic oxidation sites excluding steroid dienone is 7. The van der Waals surface area contributed by atoms with Gasteiger partial charge in [-0.25, -0.2) is 0 Å². The summed E-state index contributed by atoms with van der Waals surface area (Å²) in [6.07, 6.45) is 7.14. The first kappa shape index (κ1) is 11.6. The Labute approximate surface area is 94.8 Å². The molecule has 1 aliphatic heterocycles. The van der Waals surface area contributed by atoms with Crippen LogP contribution in [-0.2, 0) is 4.74 Å². The molecule has 15 heavy (non-hydrogen) atoms. The topological polar surface area (TPSA) is 33.0 Å². The van der Waals surface area contributed by atoms with Crippen LogP contribution in [0.5, 0.6) is 0 Å². The molecule has 0 aromatic heterocycles. The molecule has 0 saturated heterocycles. The van der Waals surface area contributed by atoms with Crippen molar-refractivity contribution in [3.05, 3.63) is 46.2 Å². The van der Waals surface area contributed by atoms with E-state index in [0.717, 1.165) is 11.3 Å². The number of halogens is 1. The van der Waals surface area contributed by atoms with Crippen molar-refractivity contribution in [2.45, 2.75) is 13.8 Å². The molecule has 2 nitrogen and oxygen atoms in total. The predicted octanol–water partition coefficient (Wildman–Crippen LogP) is 3.44. The van der Waals surface area contributed by atoms with Crippen molar-refractivity contribution in [3.8, 4) is 6.07 Å². The largest absolute Gasteiger partial charge is 0.493 e. The molecule has 0 aromatic carbocycles. The van der Waals surface area contributed by atoms with Crippen LogP contribution in [0, 0.1) is 11.3 Å². The fraction of sp³-hybridized carbons (Fsp3) is 0.250. The molecule has 78 valence electrons. The van der Waals surface area contributed by atoms with Crippen LogP contribution in [0.15, 0.2) is 46.2 Å². The van der Waals surface area contributed by atoms with E-state index in [1.165, 1.54) is 0 Å². The maximum atomic E-state index is 8.85. The molecular formula is C12H12ClNO. The average Bonchev–Trinajstić information content (AvgIpc) is 2.20. The smallest absolute Gasteiger partial charge is 0.123 e. The molecule has 0 atom stereocenters. The summed E-state index contributed by atoms with van der Waals surface area (Å²) in [4.78, 5) is 0. The first-order chi connectivity index (χ1) is 7.11. The van der Waals surface area contributed by atoms with Crippen LogP contribution in [0.1, 0.15) is 13.8 Å². The van der Waals surface area contributed by atoms with Gasteiger partial charge in [-0.3, -0.25) is 0 Å². The van der Waals surface area contributed by atoms with Gasteiger partial charge < -0.3 is 4.74 Å². The zero-order valence-corrected chi connectivity index (χ0v) is 9.51. The maximum absolute atomic E-state index is 8.85. The Bertz CT molecular complexity index is 408. The van der Waals surface area contributed by atoms with Gasteiger partial charge in [-0.15, -0.1) is 0 Å². The molecule has 0 amide bonds. The lowest BCUT2D eigenvalue weighted by Gasteiger charge is -2.06. The van der Waals surface area contributed by atoms with Crippen LogP contribution < -0.4 is 0 Å². The van der Waals surface area contributed by atoms with Gasteiger partial charge in [-0.05, 0) is 43.7 Å². The van der Waals surface area contributed by atoms with E-state index in [0.29, 0.717) is 17.2 Å². The zero-order valence-electron chi connectivity index (χ0n) is 8.75. The molecule has 0 saturated carbocycles. The summed E-state index contributed by atoms with van der Waals surface area (Å²) in [6.45, 7) is 4.02. The van der Waals surface area contributed by atoms with Crippen LogP contribution in [0.2, 0.25) is 0 Å². The van der Waals surface area contributed by atoms with Gasteiger partial charge in [0.1, 0.15) is 6.61 Å². The highest BCUT2D eigenvalue weighted by molar-refractivity contribution is 6.31. The minimum absolute atomic E-state index is 0.301. The van der Waals surface area contributed by atoms with Gasteiger partial charge in [0.15, 0.2) is 0 Å². The normalized spacial score (nSPS) is 31.3. The molecule has 0 bridgehead atoms. The molecule has 0 aromatic rings. The standard InChI is InChI=1S/C12H12ClNO/c1-9-5-11(7-14)8-15-10(2)3-4-12(13)6-9/h3-6H,8H2,1-2H3/b9-6+,10-3+,11-5-,12-4+. The lowest BCUT2D eigenvalue weighted by molar-refractivity contribution is 0.245. The second-order valence-electron chi connectivity index (χ2n) is 3.29. The highest BCUT2D eigenvalue weighted by Gasteiger charge is 2.00. The summed E-state index contributed by atoms with van der Waals surface area (Å²) < 4.78 is 5.36. The Morgan fingerprint density at radius 2 is 2.07 bits per heavy atom. The molecule has 0 aliphatic carbocycles. The van der Waals surface area contributed by atoms with Crippen molar-refractivity contribution in [1.29, 1.82) is 5.26 Å². The third-order valence-electron chi connectivity index (χ3n) is 1.84. The number of hydrogen-bond donors (Lipinski definition) is 0. The summed E-state index contributed by atoms with van der Waals surface area (Å²) in [5.41, 5.74) is 1.52. The molecule has 0 fully saturated rings. The molecule has 0 unspecified atom stereocenters. The second-order valence-corrected chi connectivity index (χ2v) is 3.72. The SMILES string of the molecule is CC1=C\C(Cl)=C/C=C(\C)OC/C(C#N)=C\1. The monoisotopic (exact) mass is 221 g/mol. The Hall–Kier alpha value is -1.46. The van der Waals surface area contributed by atoms with E-state index >= 15 is 0 Å². The first-order valence-corrected chi connectivity index (χ1v) is 4.95. The molecule has 1 aliphatic rings. The molecule has 3 heteroatoms. The van der Waals surface area contributed by atoms with Gasteiger partial charge in [0, 0.05) is 5.03 Å². The van der Waals surface area contributed by atoms with E-state index in [1.807, 2.05) is 19.9 Å². The van der Waals surface area contributed by atoms with E-state index in [9.17, 15) is 0 Å². The summed E-state index contributed by atoms with van der Waals surface area (Å²) in [5, 5.41) is 9.46. The van der Waals surface area contributed by atoms with Gasteiger partial charge in [-0.1, -0.05) is 11.6 Å². The fourth-order valence-electron chi connectivity index (χ4n) is 1.12. The minimum Gasteiger partial charge on any atom is -0.493 e. The Balaban J connectivity index is 3.07. The van der Waals surface area contributed by atoms with Crippen molar-refractivity contribution in [2.24, 2.45) is 0 Å². The third-order valence-corrected chi connectivity index (χ3v) is 2.08. The maximum Gasteiger partial charge on any atom is 0.123 e. The van der Waals surface area contributed by atoms with Gasteiger partial charge in [0.25, 0.3) is 0 Å². The summed E-state index contributed by atoms with van der Waals surface area (Å²) >= 11 is 5.94. The van der Waals surface area contributed by atoms with E-state index in [2.05, 4.69) is 6.07 Å². The van der Waals surface area contributed by atoms with Gasteiger partial charge in [0.05, 0.1) is 17.4 Å². The minimum atomic E-state index is 0.301. The average molecular weight is 222 g/mol. The van der Waals surface area contributed by atoms with Gasteiger partial charge >= 0.3 is 0 Å². The van der Waals surface area contributed by atoms with Crippen LogP contribution in [-0.4, -0.2) is 6.61 Å². The van der Waals surface area contributed by atoms with Crippen molar-refractivity contribution < 1.29 is 4.74 Å².